The monoisotopic (exact) mass is 202 g/mol. The Balaban J connectivity index is 1.82. The first-order valence-corrected chi connectivity index (χ1v) is 5.50. The van der Waals surface area contributed by atoms with E-state index in [9.17, 15) is 4.79 Å². The van der Waals surface area contributed by atoms with Crippen molar-refractivity contribution in [3.8, 4) is 0 Å². The highest BCUT2D eigenvalue weighted by Crippen LogP contribution is 2.24. The number of anilines is 1. The number of fused-ring (bicyclic) bond motifs is 1. The maximum absolute atomic E-state index is 11.8. The van der Waals surface area contributed by atoms with Crippen LogP contribution in [0.1, 0.15) is 28.8 Å². The standard InChI is InChI=1S/C12H14N2O/c15-12(14-10-2-3-10)9-1-4-11-8(7-9)5-6-13-11/h1,4,7,10,13H,2-3,5-6H2,(H,14,15). The minimum atomic E-state index is 0.0761. The van der Waals surface area contributed by atoms with Gasteiger partial charge in [-0.15, -0.1) is 0 Å². The summed E-state index contributed by atoms with van der Waals surface area (Å²) in [4.78, 5) is 11.8. The van der Waals surface area contributed by atoms with Crippen LogP contribution in [0.4, 0.5) is 5.69 Å². The van der Waals surface area contributed by atoms with Gasteiger partial charge in [0.2, 0.25) is 0 Å². The molecule has 1 aliphatic heterocycles. The molecule has 1 aromatic rings. The summed E-state index contributed by atoms with van der Waals surface area (Å²) in [6, 6.07) is 6.34. The molecule has 1 heterocycles. The number of benzene rings is 1. The molecule has 1 amide bonds. The van der Waals surface area contributed by atoms with Crippen molar-refractivity contribution in [3.63, 3.8) is 0 Å². The highest BCUT2D eigenvalue weighted by molar-refractivity contribution is 5.95. The van der Waals surface area contributed by atoms with Gasteiger partial charge in [-0.2, -0.15) is 0 Å². The van der Waals surface area contributed by atoms with Crippen LogP contribution in [0.25, 0.3) is 0 Å². The van der Waals surface area contributed by atoms with Gasteiger partial charge in [-0.05, 0) is 43.0 Å². The molecule has 2 aliphatic rings. The van der Waals surface area contributed by atoms with Gasteiger partial charge in [-0.3, -0.25) is 4.79 Å². The predicted molar refractivity (Wildman–Crippen MR) is 59.1 cm³/mol. The van der Waals surface area contributed by atoms with Crippen molar-refractivity contribution in [1.82, 2.24) is 5.32 Å². The van der Waals surface area contributed by atoms with E-state index in [1.807, 2.05) is 18.2 Å². The molecule has 1 aromatic carbocycles. The van der Waals surface area contributed by atoms with Crippen molar-refractivity contribution >= 4 is 11.6 Å². The fourth-order valence-corrected chi connectivity index (χ4v) is 1.94. The molecule has 0 atom stereocenters. The fourth-order valence-electron chi connectivity index (χ4n) is 1.94. The first kappa shape index (κ1) is 8.77. The summed E-state index contributed by atoms with van der Waals surface area (Å²) >= 11 is 0. The van der Waals surface area contributed by atoms with Crippen LogP contribution in [0.3, 0.4) is 0 Å². The molecule has 0 spiro atoms. The average Bonchev–Trinajstić information content (AvgIpc) is 2.94. The zero-order valence-electron chi connectivity index (χ0n) is 8.55. The Morgan fingerprint density at radius 2 is 2.27 bits per heavy atom. The van der Waals surface area contributed by atoms with E-state index >= 15 is 0 Å². The highest BCUT2D eigenvalue weighted by atomic mass is 16.1. The molecule has 1 fully saturated rings. The zero-order chi connectivity index (χ0) is 10.3. The van der Waals surface area contributed by atoms with Gasteiger partial charge in [0.1, 0.15) is 0 Å². The SMILES string of the molecule is O=C(NC1CC1)c1ccc2c(c1)CCN2. The Labute approximate surface area is 88.9 Å². The van der Waals surface area contributed by atoms with Gasteiger partial charge in [0.15, 0.2) is 0 Å². The Bertz CT molecular complexity index is 410. The number of hydrogen-bond acceptors (Lipinski definition) is 2. The summed E-state index contributed by atoms with van der Waals surface area (Å²) in [7, 11) is 0. The molecular weight excluding hydrogens is 188 g/mol. The van der Waals surface area contributed by atoms with Crippen LogP contribution in [0.5, 0.6) is 0 Å². The Morgan fingerprint density at radius 3 is 3.07 bits per heavy atom. The van der Waals surface area contributed by atoms with Crippen LogP contribution >= 0.6 is 0 Å². The molecule has 0 unspecified atom stereocenters. The second kappa shape index (κ2) is 3.26. The van der Waals surface area contributed by atoms with Crippen molar-refractivity contribution in [2.24, 2.45) is 0 Å². The number of nitrogens with one attached hydrogen (secondary N) is 2. The van der Waals surface area contributed by atoms with Crippen LogP contribution in [-0.2, 0) is 6.42 Å². The third-order valence-electron chi connectivity index (χ3n) is 2.99. The van der Waals surface area contributed by atoms with Gasteiger partial charge < -0.3 is 10.6 Å². The van der Waals surface area contributed by atoms with Gasteiger partial charge in [0.25, 0.3) is 5.91 Å². The molecule has 0 saturated heterocycles. The smallest absolute Gasteiger partial charge is 0.251 e. The third kappa shape index (κ3) is 1.69. The molecule has 78 valence electrons. The van der Waals surface area contributed by atoms with Crippen molar-refractivity contribution < 1.29 is 4.79 Å². The van der Waals surface area contributed by atoms with Crippen molar-refractivity contribution in [1.29, 1.82) is 0 Å². The van der Waals surface area contributed by atoms with E-state index in [4.69, 9.17) is 0 Å². The first-order valence-electron chi connectivity index (χ1n) is 5.50. The lowest BCUT2D eigenvalue weighted by atomic mass is 10.1. The van der Waals surface area contributed by atoms with Gasteiger partial charge in [-0.1, -0.05) is 0 Å². The fraction of sp³-hybridized carbons (Fsp3) is 0.417. The lowest BCUT2D eigenvalue weighted by Gasteiger charge is -2.05. The van der Waals surface area contributed by atoms with Crippen LogP contribution in [-0.4, -0.2) is 18.5 Å². The largest absolute Gasteiger partial charge is 0.384 e. The maximum Gasteiger partial charge on any atom is 0.251 e. The molecule has 1 saturated carbocycles. The number of carbonyl (C=O) groups excluding carboxylic acids is 1. The Kier molecular flexibility index (Phi) is 1.91. The number of rotatable bonds is 2. The van der Waals surface area contributed by atoms with E-state index in [-0.39, 0.29) is 5.91 Å². The predicted octanol–water partition coefficient (Wildman–Crippen LogP) is 1.55. The second-order valence-corrected chi connectivity index (χ2v) is 4.30. The summed E-state index contributed by atoms with van der Waals surface area (Å²) in [5, 5.41) is 6.29. The summed E-state index contributed by atoms with van der Waals surface area (Å²) < 4.78 is 0. The molecule has 2 N–H and O–H groups in total. The summed E-state index contributed by atoms with van der Waals surface area (Å²) in [5.41, 5.74) is 3.24. The van der Waals surface area contributed by atoms with Crippen LogP contribution < -0.4 is 10.6 Å². The Hall–Kier alpha value is -1.51. The van der Waals surface area contributed by atoms with E-state index < -0.39 is 0 Å². The van der Waals surface area contributed by atoms with Gasteiger partial charge >= 0.3 is 0 Å². The average molecular weight is 202 g/mol. The molecule has 0 radical (unpaired) electrons. The number of amides is 1. The lowest BCUT2D eigenvalue weighted by Crippen LogP contribution is -2.25. The molecule has 0 bridgehead atoms. The highest BCUT2D eigenvalue weighted by Gasteiger charge is 2.24. The van der Waals surface area contributed by atoms with Gasteiger partial charge in [-0.25, -0.2) is 0 Å². The molecule has 0 aromatic heterocycles. The molecule has 3 nitrogen and oxygen atoms in total. The third-order valence-corrected chi connectivity index (χ3v) is 2.99. The first-order chi connectivity index (χ1) is 7.33. The molecule has 3 rings (SSSR count). The van der Waals surface area contributed by atoms with E-state index in [2.05, 4.69) is 10.6 Å². The summed E-state index contributed by atoms with van der Waals surface area (Å²) in [5.74, 6) is 0.0761. The normalized spacial score (nSPS) is 18.1. The Morgan fingerprint density at radius 1 is 1.40 bits per heavy atom. The number of carbonyl (C=O) groups is 1. The van der Waals surface area contributed by atoms with E-state index in [1.165, 1.54) is 11.3 Å². The van der Waals surface area contributed by atoms with Crippen molar-refractivity contribution in [3.05, 3.63) is 29.3 Å². The van der Waals surface area contributed by atoms with Crippen LogP contribution in [0, 0.1) is 0 Å². The van der Waals surface area contributed by atoms with E-state index in [1.54, 1.807) is 0 Å². The van der Waals surface area contributed by atoms with Crippen molar-refractivity contribution in [2.45, 2.75) is 25.3 Å². The minimum Gasteiger partial charge on any atom is -0.384 e. The second-order valence-electron chi connectivity index (χ2n) is 4.30. The van der Waals surface area contributed by atoms with Crippen LogP contribution in [0.2, 0.25) is 0 Å². The van der Waals surface area contributed by atoms with Gasteiger partial charge in [0.05, 0.1) is 0 Å². The lowest BCUT2D eigenvalue weighted by molar-refractivity contribution is 0.0951. The topological polar surface area (TPSA) is 41.1 Å². The summed E-state index contributed by atoms with van der Waals surface area (Å²) in [6.07, 6.45) is 3.30. The van der Waals surface area contributed by atoms with E-state index in [0.29, 0.717) is 6.04 Å². The molecule has 1 aliphatic carbocycles. The molecule has 15 heavy (non-hydrogen) atoms. The van der Waals surface area contributed by atoms with E-state index in [0.717, 1.165) is 31.4 Å². The maximum atomic E-state index is 11.8. The quantitative estimate of drug-likeness (QED) is 0.764. The zero-order valence-corrected chi connectivity index (χ0v) is 8.55. The summed E-state index contributed by atoms with van der Waals surface area (Å²) in [6.45, 7) is 0.989. The van der Waals surface area contributed by atoms with Crippen LogP contribution in [0.15, 0.2) is 18.2 Å². The number of hydrogen-bond donors (Lipinski definition) is 2. The van der Waals surface area contributed by atoms with Crippen molar-refractivity contribution in [2.75, 3.05) is 11.9 Å². The minimum absolute atomic E-state index is 0.0761. The molecule has 3 heteroatoms. The molecular formula is C12H14N2O. The van der Waals surface area contributed by atoms with Gasteiger partial charge in [0, 0.05) is 23.8 Å².